The van der Waals surface area contributed by atoms with Crippen LogP contribution in [-0.4, -0.2) is 13.2 Å². The Labute approximate surface area is 165 Å². The second-order valence-corrected chi connectivity index (χ2v) is 6.14. The Morgan fingerprint density at radius 2 is 1.86 bits per heavy atom. The van der Waals surface area contributed by atoms with Crippen molar-refractivity contribution in [3.63, 3.8) is 0 Å². The quantitative estimate of drug-likeness (QED) is 0.524. The van der Waals surface area contributed by atoms with Crippen LogP contribution in [0.4, 0.5) is 25.8 Å². The molecule has 5 heteroatoms. The standard InChI is InChI=1S/C21H20F2N2O.C2H6/c1-2-15-12-21(25-17-5-6-18(22)19(23)13-17)16(11-20(15)24)4-3-14-7-9-26-10-8-14;1-2/h2,5-6,11-14,25H,1,7-10,24H2;1-2H3. The smallest absolute Gasteiger partial charge is 0.160 e. The Kier molecular flexibility index (Phi) is 8.03. The van der Waals surface area contributed by atoms with Crippen LogP contribution in [0.1, 0.15) is 37.8 Å². The molecule has 3 rings (SSSR count). The molecule has 148 valence electrons. The molecule has 2 aromatic carbocycles. The Morgan fingerprint density at radius 3 is 2.50 bits per heavy atom. The van der Waals surface area contributed by atoms with Crippen LogP contribution in [-0.2, 0) is 4.74 Å². The van der Waals surface area contributed by atoms with Crippen molar-refractivity contribution in [2.75, 3.05) is 24.3 Å². The van der Waals surface area contributed by atoms with Gasteiger partial charge in [0.25, 0.3) is 0 Å². The van der Waals surface area contributed by atoms with Gasteiger partial charge >= 0.3 is 0 Å². The largest absolute Gasteiger partial charge is 0.398 e. The van der Waals surface area contributed by atoms with Gasteiger partial charge in [-0.05, 0) is 42.7 Å². The average molecular weight is 384 g/mol. The zero-order valence-electron chi connectivity index (χ0n) is 16.3. The van der Waals surface area contributed by atoms with Crippen LogP contribution in [0.15, 0.2) is 36.9 Å². The first-order chi connectivity index (χ1) is 13.6. The minimum atomic E-state index is -0.913. The van der Waals surface area contributed by atoms with Crippen LogP contribution in [0.5, 0.6) is 0 Å². The van der Waals surface area contributed by atoms with Gasteiger partial charge in [0.05, 0.1) is 11.3 Å². The molecule has 0 aromatic heterocycles. The monoisotopic (exact) mass is 384 g/mol. The van der Waals surface area contributed by atoms with Crippen LogP contribution in [0.25, 0.3) is 6.08 Å². The minimum absolute atomic E-state index is 0.278. The third-order valence-electron chi connectivity index (χ3n) is 4.27. The lowest BCUT2D eigenvalue weighted by molar-refractivity contribution is 0.0807. The number of nitrogens with two attached hydrogens (primary N) is 1. The van der Waals surface area contributed by atoms with E-state index in [0.717, 1.165) is 43.8 Å². The highest BCUT2D eigenvalue weighted by atomic mass is 19.2. The molecular weight excluding hydrogens is 358 g/mol. The van der Waals surface area contributed by atoms with Gasteiger partial charge in [-0.3, -0.25) is 0 Å². The number of rotatable bonds is 3. The second-order valence-electron chi connectivity index (χ2n) is 6.14. The van der Waals surface area contributed by atoms with Gasteiger partial charge in [0.15, 0.2) is 11.6 Å². The number of anilines is 3. The highest BCUT2D eigenvalue weighted by Crippen LogP contribution is 2.28. The van der Waals surface area contributed by atoms with Gasteiger partial charge in [0.1, 0.15) is 0 Å². The normalized spacial score (nSPS) is 13.6. The molecule has 0 unspecified atom stereocenters. The summed E-state index contributed by atoms with van der Waals surface area (Å²) >= 11 is 0. The van der Waals surface area contributed by atoms with Gasteiger partial charge < -0.3 is 15.8 Å². The van der Waals surface area contributed by atoms with E-state index >= 15 is 0 Å². The van der Waals surface area contributed by atoms with E-state index in [2.05, 4.69) is 23.7 Å². The number of benzene rings is 2. The predicted octanol–water partition coefficient (Wildman–Crippen LogP) is 5.74. The average Bonchev–Trinajstić information content (AvgIpc) is 2.73. The van der Waals surface area contributed by atoms with E-state index < -0.39 is 11.6 Å². The Bertz CT molecular complexity index is 878. The lowest BCUT2D eigenvalue weighted by Crippen LogP contribution is -2.13. The minimum Gasteiger partial charge on any atom is -0.398 e. The van der Waals surface area contributed by atoms with Crippen molar-refractivity contribution in [1.29, 1.82) is 0 Å². The van der Waals surface area contributed by atoms with Crippen molar-refractivity contribution in [3.05, 3.63) is 59.7 Å². The number of hydrogen-bond acceptors (Lipinski definition) is 3. The fourth-order valence-corrected chi connectivity index (χ4v) is 2.77. The maximum absolute atomic E-state index is 13.5. The summed E-state index contributed by atoms with van der Waals surface area (Å²) in [5, 5.41) is 3.09. The van der Waals surface area contributed by atoms with Crippen molar-refractivity contribution in [1.82, 2.24) is 0 Å². The van der Waals surface area contributed by atoms with Gasteiger partial charge in [0, 0.05) is 36.6 Å². The zero-order valence-corrected chi connectivity index (χ0v) is 16.3. The molecule has 0 saturated carbocycles. The van der Waals surface area contributed by atoms with E-state index in [9.17, 15) is 8.78 Å². The molecule has 2 aromatic rings. The molecule has 0 spiro atoms. The molecule has 1 saturated heterocycles. The first kappa shape index (κ1) is 21.5. The van der Waals surface area contributed by atoms with E-state index in [-0.39, 0.29) is 5.92 Å². The van der Waals surface area contributed by atoms with E-state index in [4.69, 9.17) is 10.5 Å². The molecule has 3 nitrogen and oxygen atoms in total. The third kappa shape index (κ3) is 5.58. The molecule has 0 aliphatic carbocycles. The Balaban J connectivity index is 0.00000136. The number of hydrogen-bond donors (Lipinski definition) is 2. The van der Waals surface area contributed by atoms with Crippen molar-refractivity contribution in [2.24, 2.45) is 5.92 Å². The first-order valence-corrected chi connectivity index (χ1v) is 9.44. The van der Waals surface area contributed by atoms with E-state index in [0.29, 0.717) is 22.6 Å². The summed E-state index contributed by atoms with van der Waals surface area (Å²) in [4.78, 5) is 0. The Hall–Kier alpha value is -2.84. The third-order valence-corrected chi connectivity index (χ3v) is 4.27. The molecule has 3 N–H and O–H groups in total. The molecule has 0 amide bonds. The van der Waals surface area contributed by atoms with Crippen LogP contribution >= 0.6 is 0 Å². The summed E-state index contributed by atoms with van der Waals surface area (Å²) in [7, 11) is 0. The summed E-state index contributed by atoms with van der Waals surface area (Å²) < 4.78 is 32.0. The van der Waals surface area contributed by atoms with Crippen molar-refractivity contribution >= 4 is 23.1 Å². The summed E-state index contributed by atoms with van der Waals surface area (Å²) in [6.07, 6.45) is 3.44. The van der Waals surface area contributed by atoms with Gasteiger partial charge in [-0.2, -0.15) is 0 Å². The van der Waals surface area contributed by atoms with Crippen LogP contribution in [0.3, 0.4) is 0 Å². The van der Waals surface area contributed by atoms with Crippen LogP contribution < -0.4 is 11.1 Å². The molecule has 0 atom stereocenters. The first-order valence-electron chi connectivity index (χ1n) is 9.44. The van der Waals surface area contributed by atoms with Crippen LogP contribution in [0, 0.1) is 29.4 Å². The molecule has 1 heterocycles. The zero-order chi connectivity index (χ0) is 20.5. The number of ether oxygens (including phenoxy) is 1. The van der Waals surface area contributed by atoms with E-state index in [1.54, 1.807) is 18.2 Å². The van der Waals surface area contributed by atoms with Crippen molar-refractivity contribution < 1.29 is 13.5 Å². The summed E-state index contributed by atoms with van der Waals surface area (Å²) in [5.74, 6) is 4.91. The highest BCUT2D eigenvalue weighted by molar-refractivity contribution is 5.77. The topological polar surface area (TPSA) is 47.3 Å². The summed E-state index contributed by atoms with van der Waals surface area (Å²) in [5.41, 5.74) is 9.15. The molecule has 1 fully saturated rings. The highest BCUT2D eigenvalue weighted by Gasteiger charge is 2.12. The van der Waals surface area contributed by atoms with Gasteiger partial charge in [-0.25, -0.2) is 8.78 Å². The molecule has 1 aliphatic rings. The lowest BCUT2D eigenvalue weighted by Gasteiger charge is -2.17. The SMILES string of the molecule is C=Cc1cc(Nc2ccc(F)c(F)c2)c(C#CC2CCOCC2)cc1N.CC. The fourth-order valence-electron chi connectivity index (χ4n) is 2.77. The summed E-state index contributed by atoms with van der Waals surface area (Å²) in [6.45, 7) is 9.19. The molecular formula is C23H26F2N2O. The number of halogens is 2. The molecule has 0 radical (unpaired) electrons. The van der Waals surface area contributed by atoms with E-state index in [1.165, 1.54) is 6.07 Å². The second kappa shape index (κ2) is 10.5. The molecule has 0 bridgehead atoms. The number of nitrogen functional groups attached to an aromatic ring is 1. The van der Waals surface area contributed by atoms with Crippen LogP contribution in [0.2, 0.25) is 0 Å². The van der Waals surface area contributed by atoms with Gasteiger partial charge in [-0.15, -0.1) is 0 Å². The molecule has 28 heavy (non-hydrogen) atoms. The van der Waals surface area contributed by atoms with Gasteiger partial charge in [0.2, 0.25) is 0 Å². The maximum atomic E-state index is 13.5. The summed E-state index contributed by atoms with van der Waals surface area (Å²) in [6, 6.07) is 7.23. The Morgan fingerprint density at radius 1 is 1.14 bits per heavy atom. The van der Waals surface area contributed by atoms with E-state index in [1.807, 2.05) is 13.8 Å². The predicted molar refractivity (Wildman–Crippen MR) is 112 cm³/mol. The lowest BCUT2D eigenvalue weighted by atomic mass is 9.99. The van der Waals surface area contributed by atoms with Gasteiger partial charge in [-0.1, -0.05) is 38.3 Å². The molecule has 1 aliphatic heterocycles. The maximum Gasteiger partial charge on any atom is 0.160 e. The van der Waals surface area contributed by atoms with Crippen molar-refractivity contribution in [3.8, 4) is 11.8 Å². The van der Waals surface area contributed by atoms with Crippen molar-refractivity contribution in [2.45, 2.75) is 26.7 Å². The fraction of sp³-hybridized carbons (Fsp3) is 0.304. The number of nitrogens with one attached hydrogen (secondary N) is 1.